The van der Waals surface area contributed by atoms with E-state index in [1.165, 1.54) is 12.3 Å². The number of aliphatic hydroxyl groups excluding tert-OH is 1. The average molecular weight is 381 g/mol. The number of halogens is 1. The Kier molecular flexibility index (Phi) is 5.32. The minimum absolute atomic E-state index is 0.0240. The van der Waals surface area contributed by atoms with Crippen molar-refractivity contribution in [2.75, 3.05) is 24.3 Å². The highest BCUT2D eigenvalue weighted by Gasteiger charge is 2.25. The van der Waals surface area contributed by atoms with Gasteiger partial charge < -0.3 is 10.0 Å². The van der Waals surface area contributed by atoms with Crippen LogP contribution >= 0.6 is 11.6 Å². The van der Waals surface area contributed by atoms with E-state index in [0.717, 1.165) is 37.2 Å². The van der Waals surface area contributed by atoms with Gasteiger partial charge >= 0.3 is 0 Å². The Balaban J connectivity index is 2.12. The van der Waals surface area contributed by atoms with Gasteiger partial charge in [-0.3, -0.25) is 0 Å². The fourth-order valence-corrected chi connectivity index (χ4v) is 4.23. The summed E-state index contributed by atoms with van der Waals surface area (Å²) in [4.78, 5) is 6.81. The summed E-state index contributed by atoms with van der Waals surface area (Å²) in [6.45, 7) is 0.884. The first-order valence-corrected chi connectivity index (χ1v) is 10.5. The van der Waals surface area contributed by atoms with Crippen molar-refractivity contribution in [3.05, 3.63) is 41.6 Å². The highest BCUT2D eigenvalue weighted by Crippen LogP contribution is 2.35. The molecule has 3 rings (SSSR count). The first-order chi connectivity index (χ1) is 11.9. The lowest BCUT2D eigenvalue weighted by Crippen LogP contribution is -2.42. The molecule has 0 bridgehead atoms. The van der Waals surface area contributed by atoms with Crippen molar-refractivity contribution in [2.24, 2.45) is 0 Å². The minimum atomic E-state index is -3.37. The number of hydrogen-bond donors (Lipinski definition) is 1. The third-order valence-corrected chi connectivity index (χ3v) is 5.82. The van der Waals surface area contributed by atoms with Crippen LogP contribution in [0.1, 0.15) is 19.3 Å². The Labute approximate surface area is 153 Å². The van der Waals surface area contributed by atoms with E-state index in [2.05, 4.69) is 9.88 Å². The van der Waals surface area contributed by atoms with Crippen molar-refractivity contribution in [1.82, 2.24) is 4.98 Å². The summed E-state index contributed by atoms with van der Waals surface area (Å²) in [6.07, 6.45) is 5.91. The summed E-state index contributed by atoms with van der Waals surface area (Å²) in [7, 11) is -3.37. The zero-order valence-corrected chi connectivity index (χ0v) is 15.6. The van der Waals surface area contributed by atoms with Gasteiger partial charge in [0, 0.05) is 29.6 Å². The molecule has 1 aliphatic rings. The lowest BCUT2D eigenvalue weighted by atomic mass is 10.00. The zero-order valence-electron chi connectivity index (χ0n) is 14.0. The second kappa shape index (κ2) is 7.32. The topological polar surface area (TPSA) is 70.5 Å². The molecule has 1 aromatic heterocycles. The monoisotopic (exact) mass is 380 g/mol. The Bertz CT molecular complexity index is 870. The highest BCUT2D eigenvalue weighted by atomic mass is 35.5. The van der Waals surface area contributed by atoms with Crippen LogP contribution in [-0.2, 0) is 9.84 Å². The van der Waals surface area contributed by atoms with Gasteiger partial charge in [0.25, 0.3) is 0 Å². The summed E-state index contributed by atoms with van der Waals surface area (Å²) < 4.78 is 23.9. The van der Waals surface area contributed by atoms with Gasteiger partial charge in [0.2, 0.25) is 0 Å². The number of aliphatic hydroxyl groups is 1. The molecule has 7 heteroatoms. The molecule has 1 N–H and O–H groups in total. The number of sulfone groups is 1. The van der Waals surface area contributed by atoms with Gasteiger partial charge in [-0.05, 0) is 55.2 Å². The highest BCUT2D eigenvalue weighted by molar-refractivity contribution is 7.90. The second-order valence-corrected chi connectivity index (χ2v) is 8.80. The fraction of sp³-hybridized carbons (Fsp3) is 0.389. The third kappa shape index (κ3) is 3.97. The maximum Gasteiger partial charge on any atom is 0.175 e. The van der Waals surface area contributed by atoms with Gasteiger partial charge in [-0.15, -0.1) is 0 Å². The van der Waals surface area contributed by atoms with Crippen molar-refractivity contribution >= 4 is 27.3 Å². The minimum Gasteiger partial charge on any atom is -0.394 e. The van der Waals surface area contributed by atoms with Crippen LogP contribution in [0.3, 0.4) is 0 Å². The number of rotatable bonds is 4. The first kappa shape index (κ1) is 18.2. The van der Waals surface area contributed by atoms with Crippen LogP contribution in [0.15, 0.2) is 41.4 Å². The maximum absolute atomic E-state index is 11.9. The second-order valence-electron chi connectivity index (χ2n) is 6.35. The van der Waals surface area contributed by atoms with Crippen LogP contribution in [0.2, 0.25) is 5.02 Å². The van der Waals surface area contributed by atoms with Crippen molar-refractivity contribution in [2.45, 2.75) is 30.2 Å². The van der Waals surface area contributed by atoms with Crippen LogP contribution in [0, 0.1) is 0 Å². The molecule has 1 saturated heterocycles. The van der Waals surface area contributed by atoms with E-state index in [4.69, 9.17) is 11.6 Å². The van der Waals surface area contributed by atoms with Crippen LogP contribution in [-0.4, -0.2) is 44.0 Å². The third-order valence-electron chi connectivity index (χ3n) is 4.51. The molecule has 2 heterocycles. The van der Waals surface area contributed by atoms with Crippen LogP contribution in [0.25, 0.3) is 11.1 Å². The lowest BCUT2D eigenvalue weighted by molar-refractivity contribution is 0.239. The van der Waals surface area contributed by atoms with Gasteiger partial charge in [-0.25, -0.2) is 13.4 Å². The Hall–Kier alpha value is -1.63. The van der Waals surface area contributed by atoms with E-state index in [9.17, 15) is 13.5 Å². The molecule has 2 aromatic rings. The van der Waals surface area contributed by atoms with E-state index in [1.807, 2.05) is 12.1 Å². The summed E-state index contributed by atoms with van der Waals surface area (Å²) in [5.74, 6) is 0.753. The number of aromatic nitrogens is 1. The Morgan fingerprint density at radius 3 is 2.84 bits per heavy atom. The van der Waals surface area contributed by atoms with Gasteiger partial charge in [0.05, 0.1) is 17.5 Å². The molecule has 0 radical (unpaired) electrons. The van der Waals surface area contributed by atoms with E-state index in [-0.39, 0.29) is 17.5 Å². The molecular formula is C18H21ClN2O3S. The van der Waals surface area contributed by atoms with E-state index >= 15 is 0 Å². The number of hydrogen-bond acceptors (Lipinski definition) is 5. The van der Waals surface area contributed by atoms with Gasteiger partial charge in [0.1, 0.15) is 5.82 Å². The van der Waals surface area contributed by atoms with Crippen molar-refractivity contribution < 1.29 is 13.5 Å². The largest absolute Gasteiger partial charge is 0.394 e. The van der Waals surface area contributed by atoms with E-state index < -0.39 is 9.84 Å². The molecule has 5 nitrogen and oxygen atoms in total. The van der Waals surface area contributed by atoms with Crippen LogP contribution < -0.4 is 4.90 Å². The molecule has 0 spiro atoms. The lowest BCUT2D eigenvalue weighted by Gasteiger charge is -2.36. The number of benzene rings is 1. The SMILES string of the molecule is CS(=O)(=O)c1cc(Cl)cc(-c2cccnc2N2CCCCC2CO)c1. The Morgan fingerprint density at radius 2 is 2.12 bits per heavy atom. The Morgan fingerprint density at radius 1 is 1.32 bits per heavy atom. The molecule has 0 aliphatic carbocycles. The predicted molar refractivity (Wildman–Crippen MR) is 99.9 cm³/mol. The number of piperidine rings is 1. The molecule has 1 fully saturated rings. The van der Waals surface area contributed by atoms with Crippen molar-refractivity contribution in [3.63, 3.8) is 0 Å². The van der Waals surface area contributed by atoms with Crippen molar-refractivity contribution in [3.8, 4) is 11.1 Å². The van der Waals surface area contributed by atoms with Crippen LogP contribution in [0.4, 0.5) is 5.82 Å². The van der Waals surface area contributed by atoms with E-state index in [0.29, 0.717) is 10.6 Å². The quantitative estimate of drug-likeness (QED) is 0.882. The van der Waals surface area contributed by atoms with Gasteiger partial charge in [-0.2, -0.15) is 0 Å². The summed E-state index contributed by atoms with van der Waals surface area (Å²) in [6, 6.07) is 8.57. The van der Waals surface area contributed by atoms with Crippen LogP contribution in [0.5, 0.6) is 0 Å². The average Bonchev–Trinajstić information content (AvgIpc) is 2.60. The molecule has 1 unspecified atom stereocenters. The molecule has 0 amide bonds. The molecule has 25 heavy (non-hydrogen) atoms. The number of anilines is 1. The molecule has 1 aliphatic heterocycles. The zero-order chi connectivity index (χ0) is 18.0. The number of nitrogens with zero attached hydrogens (tertiary/aromatic N) is 2. The molecular weight excluding hydrogens is 360 g/mol. The summed E-state index contributed by atoms with van der Waals surface area (Å²) in [5, 5.41) is 10.1. The standard InChI is InChI=1S/C18H21ClN2O3S/c1-25(23,24)16-10-13(9-14(19)11-16)17-6-4-7-20-18(17)21-8-3-2-5-15(21)12-22/h4,6-7,9-11,15,22H,2-3,5,8,12H2,1H3. The fourth-order valence-electron chi connectivity index (χ4n) is 3.25. The predicted octanol–water partition coefficient (Wildman–Crippen LogP) is 3.16. The maximum atomic E-state index is 11.9. The molecule has 134 valence electrons. The smallest absolute Gasteiger partial charge is 0.175 e. The summed E-state index contributed by atoms with van der Waals surface area (Å²) >= 11 is 6.16. The molecule has 1 atom stereocenters. The van der Waals surface area contributed by atoms with Crippen molar-refractivity contribution in [1.29, 1.82) is 0 Å². The van der Waals surface area contributed by atoms with Gasteiger partial charge in [0.15, 0.2) is 9.84 Å². The molecule has 0 saturated carbocycles. The molecule has 1 aromatic carbocycles. The number of pyridine rings is 1. The summed E-state index contributed by atoms with van der Waals surface area (Å²) in [5.41, 5.74) is 1.52. The van der Waals surface area contributed by atoms with E-state index in [1.54, 1.807) is 18.3 Å². The normalized spacial score (nSPS) is 18.4. The first-order valence-electron chi connectivity index (χ1n) is 8.23. The van der Waals surface area contributed by atoms with Gasteiger partial charge in [-0.1, -0.05) is 11.6 Å².